The summed E-state index contributed by atoms with van der Waals surface area (Å²) in [5.74, 6) is -1.16. The molecule has 2 aromatic rings. The van der Waals surface area contributed by atoms with Crippen LogP contribution in [-0.4, -0.2) is 11.0 Å². The molecule has 0 aromatic heterocycles. The third kappa shape index (κ3) is 2.96. The number of nitrogens with one attached hydrogen (secondary N) is 1. The number of phenolic OH excluding ortho intramolecular Hbond substituents is 1. The lowest BCUT2D eigenvalue weighted by Crippen LogP contribution is -2.14. The van der Waals surface area contributed by atoms with Crippen molar-refractivity contribution >= 4 is 11.6 Å². The zero-order valence-electron chi connectivity index (χ0n) is 11.4. The third-order valence-electron chi connectivity index (χ3n) is 3.04. The normalized spacial score (nSPS) is 10.6. The van der Waals surface area contributed by atoms with Crippen LogP contribution in [0.4, 0.5) is 10.1 Å². The van der Waals surface area contributed by atoms with Gasteiger partial charge in [-0.25, -0.2) is 4.39 Å². The summed E-state index contributed by atoms with van der Waals surface area (Å²) >= 11 is 0. The van der Waals surface area contributed by atoms with Gasteiger partial charge < -0.3 is 10.4 Å². The number of carbonyl (C=O) groups excluding carboxylic acids is 1. The molecule has 2 aromatic carbocycles. The van der Waals surface area contributed by atoms with Crippen LogP contribution >= 0.6 is 0 Å². The van der Waals surface area contributed by atoms with Crippen LogP contribution in [0.5, 0.6) is 5.75 Å². The summed E-state index contributed by atoms with van der Waals surface area (Å²) in [5.41, 5.74) is 1.74. The molecule has 0 saturated carbocycles. The van der Waals surface area contributed by atoms with Gasteiger partial charge in [0, 0.05) is 11.8 Å². The first-order valence-corrected chi connectivity index (χ1v) is 6.38. The van der Waals surface area contributed by atoms with Crippen LogP contribution in [0.15, 0.2) is 42.5 Å². The molecule has 0 aliphatic heterocycles. The van der Waals surface area contributed by atoms with Crippen LogP contribution in [0.25, 0.3) is 0 Å². The quantitative estimate of drug-likeness (QED) is 0.890. The lowest BCUT2D eigenvalue weighted by molar-refractivity contribution is 0.102. The zero-order valence-corrected chi connectivity index (χ0v) is 11.4. The maximum Gasteiger partial charge on any atom is 0.259 e. The monoisotopic (exact) mass is 273 g/mol. The molecular formula is C16H16FNO2. The number of phenols is 1. The Hall–Kier alpha value is -2.36. The largest absolute Gasteiger partial charge is 0.507 e. The molecule has 20 heavy (non-hydrogen) atoms. The highest BCUT2D eigenvalue weighted by atomic mass is 19.1. The molecule has 104 valence electrons. The van der Waals surface area contributed by atoms with Crippen molar-refractivity contribution in [2.45, 2.75) is 19.8 Å². The van der Waals surface area contributed by atoms with Crippen LogP contribution in [0, 0.1) is 5.82 Å². The van der Waals surface area contributed by atoms with E-state index in [-0.39, 0.29) is 17.2 Å². The van der Waals surface area contributed by atoms with E-state index < -0.39 is 11.7 Å². The maximum absolute atomic E-state index is 12.9. The van der Waals surface area contributed by atoms with Gasteiger partial charge in [-0.3, -0.25) is 4.79 Å². The summed E-state index contributed by atoms with van der Waals surface area (Å²) < 4.78 is 12.9. The van der Waals surface area contributed by atoms with E-state index >= 15 is 0 Å². The Morgan fingerprint density at radius 3 is 2.55 bits per heavy atom. The third-order valence-corrected chi connectivity index (χ3v) is 3.04. The molecule has 4 heteroatoms. The number of rotatable bonds is 3. The van der Waals surface area contributed by atoms with Crippen LogP contribution < -0.4 is 5.32 Å². The summed E-state index contributed by atoms with van der Waals surface area (Å²) in [4.78, 5) is 12.1. The van der Waals surface area contributed by atoms with E-state index in [1.807, 2.05) is 32.0 Å². The summed E-state index contributed by atoms with van der Waals surface area (Å²) in [7, 11) is 0. The second-order valence-electron chi connectivity index (χ2n) is 4.86. The molecule has 0 radical (unpaired) electrons. The number of hydrogen-bond donors (Lipinski definition) is 2. The van der Waals surface area contributed by atoms with Gasteiger partial charge in [0.05, 0.1) is 5.56 Å². The molecule has 2 N–H and O–H groups in total. The lowest BCUT2D eigenvalue weighted by atomic mass is 10.0. The fourth-order valence-corrected chi connectivity index (χ4v) is 2.00. The van der Waals surface area contributed by atoms with E-state index in [0.29, 0.717) is 5.69 Å². The van der Waals surface area contributed by atoms with Crippen LogP contribution in [0.1, 0.15) is 35.7 Å². The van der Waals surface area contributed by atoms with E-state index in [1.54, 1.807) is 6.07 Å². The highest BCUT2D eigenvalue weighted by Gasteiger charge is 2.14. The fraction of sp³-hybridized carbons (Fsp3) is 0.188. The Morgan fingerprint density at radius 1 is 1.20 bits per heavy atom. The molecular weight excluding hydrogens is 257 g/mol. The average molecular weight is 273 g/mol. The molecule has 0 fully saturated rings. The van der Waals surface area contributed by atoms with Crippen molar-refractivity contribution in [3.63, 3.8) is 0 Å². The number of aromatic hydroxyl groups is 1. The van der Waals surface area contributed by atoms with Gasteiger partial charge in [-0.1, -0.05) is 32.0 Å². The van der Waals surface area contributed by atoms with Crippen molar-refractivity contribution in [1.82, 2.24) is 0 Å². The lowest BCUT2D eigenvalue weighted by Gasteiger charge is -2.14. The van der Waals surface area contributed by atoms with Gasteiger partial charge in [0.25, 0.3) is 5.91 Å². The van der Waals surface area contributed by atoms with Crippen molar-refractivity contribution in [3.05, 3.63) is 59.4 Å². The predicted molar refractivity (Wildman–Crippen MR) is 76.5 cm³/mol. The van der Waals surface area contributed by atoms with Crippen molar-refractivity contribution in [2.75, 3.05) is 5.32 Å². The van der Waals surface area contributed by atoms with E-state index in [1.165, 1.54) is 6.07 Å². The summed E-state index contributed by atoms with van der Waals surface area (Å²) in [6.07, 6.45) is 0. The van der Waals surface area contributed by atoms with Crippen LogP contribution in [0.2, 0.25) is 0 Å². The molecule has 0 saturated heterocycles. The molecule has 0 heterocycles. The topological polar surface area (TPSA) is 49.3 Å². The molecule has 2 rings (SSSR count). The zero-order chi connectivity index (χ0) is 14.7. The van der Waals surface area contributed by atoms with Gasteiger partial charge in [-0.15, -0.1) is 0 Å². The summed E-state index contributed by atoms with van der Waals surface area (Å²) in [6, 6.07) is 10.8. The number of amides is 1. The predicted octanol–water partition coefficient (Wildman–Crippen LogP) is 3.91. The van der Waals surface area contributed by atoms with Crippen LogP contribution in [0.3, 0.4) is 0 Å². The number of anilines is 1. The summed E-state index contributed by atoms with van der Waals surface area (Å²) in [6.45, 7) is 4.06. The van der Waals surface area contributed by atoms with Gasteiger partial charge in [-0.2, -0.15) is 0 Å². The number of halogens is 1. The first kappa shape index (κ1) is 14.1. The smallest absolute Gasteiger partial charge is 0.259 e. The summed E-state index contributed by atoms with van der Waals surface area (Å²) in [5, 5.41) is 12.4. The van der Waals surface area contributed by atoms with Crippen molar-refractivity contribution < 1.29 is 14.3 Å². The van der Waals surface area contributed by atoms with E-state index in [2.05, 4.69) is 5.32 Å². The van der Waals surface area contributed by atoms with E-state index in [4.69, 9.17) is 0 Å². The van der Waals surface area contributed by atoms with Gasteiger partial charge in [0.15, 0.2) is 0 Å². The number of para-hydroxylation sites is 1. The SMILES string of the molecule is CC(C)c1ccccc1NC(=O)c1ccc(F)cc1O. The number of benzene rings is 2. The van der Waals surface area contributed by atoms with E-state index in [9.17, 15) is 14.3 Å². The van der Waals surface area contributed by atoms with Gasteiger partial charge in [-0.05, 0) is 29.7 Å². The Morgan fingerprint density at radius 2 is 1.90 bits per heavy atom. The van der Waals surface area contributed by atoms with Crippen molar-refractivity contribution in [3.8, 4) is 5.75 Å². The van der Waals surface area contributed by atoms with Crippen LogP contribution in [-0.2, 0) is 0 Å². The molecule has 0 aliphatic carbocycles. The molecule has 0 bridgehead atoms. The fourth-order valence-electron chi connectivity index (χ4n) is 2.00. The molecule has 0 spiro atoms. The molecule has 3 nitrogen and oxygen atoms in total. The minimum atomic E-state index is -0.582. The van der Waals surface area contributed by atoms with E-state index in [0.717, 1.165) is 17.7 Å². The second-order valence-corrected chi connectivity index (χ2v) is 4.86. The number of hydrogen-bond acceptors (Lipinski definition) is 2. The van der Waals surface area contributed by atoms with Gasteiger partial charge >= 0.3 is 0 Å². The Balaban J connectivity index is 2.28. The molecule has 0 atom stereocenters. The first-order chi connectivity index (χ1) is 9.49. The Kier molecular flexibility index (Phi) is 4.03. The highest BCUT2D eigenvalue weighted by Crippen LogP contribution is 2.25. The molecule has 0 aliphatic rings. The minimum Gasteiger partial charge on any atom is -0.507 e. The first-order valence-electron chi connectivity index (χ1n) is 6.38. The standard InChI is InChI=1S/C16H16FNO2/c1-10(2)12-5-3-4-6-14(12)18-16(20)13-8-7-11(17)9-15(13)19/h3-10,19H,1-2H3,(H,18,20). The number of carbonyl (C=O) groups is 1. The second kappa shape index (κ2) is 5.74. The molecule has 1 amide bonds. The Bertz CT molecular complexity index is 638. The maximum atomic E-state index is 12.9. The Labute approximate surface area is 117 Å². The average Bonchev–Trinajstić information content (AvgIpc) is 2.38. The van der Waals surface area contributed by atoms with Crippen molar-refractivity contribution in [2.24, 2.45) is 0 Å². The van der Waals surface area contributed by atoms with Gasteiger partial charge in [0.1, 0.15) is 11.6 Å². The van der Waals surface area contributed by atoms with Crippen molar-refractivity contribution in [1.29, 1.82) is 0 Å². The minimum absolute atomic E-state index is 0.0463. The van der Waals surface area contributed by atoms with Gasteiger partial charge in [0.2, 0.25) is 0 Å². The molecule has 0 unspecified atom stereocenters. The highest BCUT2D eigenvalue weighted by molar-refractivity contribution is 6.06.